The third-order valence-electron chi connectivity index (χ3n) is 1.75. The lowest BCUT2D eigenvalue weighted by Crippen LogP contribution is -2.19. The summed E-state index contributed by atoms with van der Waals surface area (Å²) in [5.41, 5.74) is 0.521. The van der Waals surface area contributed by atoms with Crippen molar-refractivity contribution in [2.24, 2.45) is 0 Å². The van der Waals surface area contributed by atoms with Crippen molar-refractivity contribution in [1.29, 1.82) is 0 Å². The van der Waals surface area contributed by atoms with E-state index in [0.29, 0.717) is 9.90 Å². The Bertz CT molecular complexity index is 264. The van der Waals surface area contributed by atoms with Crippen LogP contribution in [0.15, 0.2) is 11.4 Å². The summed E-state index contributed by atoms with van der Waals surface area (Å²) in [6.07, 6.45) is -1.82. The molecule has 2 unspecified atom stereocenters. The molecule has 0 amide bonds. The average molecular weight is 223 g/mol. The van der Waals surface area contributed by atoms with Crippen LogP contribution in [0.5, 0.6) is 0 Å². The van der Waals surface area contributed by atoms with Crippen LogP contribution < -0.4 is 0 Å². The third kappa shape index (κ3) is 2.65. The molecule has 0 aliphatic carbocycles. The van der Waals surface area contributed by atoms with Gasteiger partial charge in [0.15, 0.2) is 0 Å². The highest BCUT2D eigenvalue weighted by Gasteiger charge is 2.20. The van der Waals surface area contributed by atoms with Gasteiger partial charge < -0.3 is 15.3 Å². The molecule has 0 fully saturated rings. The van der Waals surface area contributed by atoms with Crippen LogP contribution in [0.1, 0.15) is 18.1 Å². The maximum absolute atomic E-state index is 9.55. The minimum absolute atomic E-state index is 0.146. The van der Waals surface area contributed by atoms with Crippen LogP contribution >= 0.6 is 22.9 Å². The van der Waals surface area contributed by atoms with E-state index >= 15 is 0 Å². The van der Waals surface area contributed by atoms with Crippen LogP contribution in [0.4, 0.5) is 0 Å². The Balaban J connectivity index is 2.67. The van der Waals surface area contributed by atoms with Crippen molar-refractivity contribution in [1.82, 2.24) is 0 Å². The molecule has 0 saturated carbocycles. The van der Waals surface area contributed by atoms with Crippen molar-refractivity contribution in [3.8, 4) is 0 Å². The zero-order valence-corrected chi connectivity index (χ0v) is 8.42. The third-order valence-corrected chi connectivity index (χ3v) is 2.95. The van der Waals surface area contributed by atoms with Crippen molar-refractivity contribution in [3.05, 3.63) is 21.3 Å². The molecule has 1 heterocycles. The van der Waals surface area contributed by atoms with Gasteiger partial charge in [0.2, 0.25) is 0 Å². The zero-order chi connectivity index (χ0) is 9.84. The molecule has 0 radical (unpaired) electrons. The molecule has 5 heteroatoms. The van der Waals surface area contributed by atoms with Gasteiger partial charge in [0.05, 0.1) is 10.4 Å². The monoisotopic (exact) mass is 222 g/mol. The minimum atomic E-state index is -1.01. The quantitative estimate of drug-likeness (QED) is 0.717. The molecule has 0 aliphatic rings. The Labute approximate surface area is 85.2 Å². The maximum atomic E-state index is 9.55. The van der Waals surface area contributed by atoms with Gasteiger partial charge in [-0.25, -0.2) is 0 Å². The molecule has 0 bridgehead atoms. The first kappa shape index (κ1) is 10.9. The molecule has 1 aromatic rings. The van der Waals surface area contributed by atoms with E-state index in [2.05, 4.69) is 0 Å². The van der Waals surface area contributed by atoms with Crippen molar-refractivity contribution >= 4 is 22.9 Å². The molecular weight excluding hydrogens is 212 g/mol. The van der Waals surface area contributed by atoms with Crippen LogP contribution in [0, 0.1) is 0 Å². The highest BCUT2D eigenvalue weighted by Crippen LogP contribution is 2.30. The number of hydrogen-bond acceptors (Lipinski definition) is 4. The van der Waals surface area contributed by atoms with Gasteiger partial charge in [-0.2, -0.15) is 0 Å². The summed E-state index contributed by atoms with van der Waals surface area (Å²) in [6.45, 7) is -0.153. The summed E-state index contributed by atoms with van der Waals surface area (Å²) < 4.78 is 0.476. The summed E-state index contributed by atoms with van der Waals surface area (Å²) in [7, 11) is 0. The molecule has 3 N–H and O–H groups in total. The minimum Gasteiger partial charge on any atom is -0.396 e. The second kappa shape index (κ2) is 4.93. The number of thiophene rings is 1. The lowest BCUT2D eigenvalue weighted by molar-refractivity contribution is 0.00449. The molecular formula is C8H11ClO3S. The van der Waals surface area contributed by atoms with Gasteiger partial charge in [-0.1, -0.05) is 11.6 Å². The normalized spacial score (nSPS) is 15.7. The molecule has 2 atom stereocenters. The fourth-order valence-electron chi connectivity index (χ4n) is 1.01. The molecule has 0 aromatic carbocycles. The van der Waals surface area contributed by atoms with Gasteiger partial charge in [0, 0.05) is 12.2 Å². The molecule has 0 aliphatic heterocycles. The van der Waals surface area contributed by atoms with Gasteiger partial charge in [-0.3, -0.25) is 0 Å². The molecule has 1 rings (SSSR count). The Hall–Kier alpha value is -0.130. The number of hydrogen-bond donors (Lipinski definition) is 3. The number of halogens is 1. The van der Waals surface area contributed by atoms with Crippen molar-refractivity contribution in [3.63, 3.8) is 0 Å². The summed E-state index contributed by atoms with van der Waals surface area (Å²) in [5, 5.41) is 29.2. The highest BCUT2D eigenvalue weighted by molar-refractivity contribution is 7.14. The van der Waals surface area contributed by atoms with E-state index in [0.717, 1.165) is 0 Å². The lowest BCUT2D eigenvalue weighted by atomic mass is 10.1. The highest BCUT2D eigenvalue weighted by atomic mass is 35.5. The topological polar surface area (TPSA) is 60.7 Å². The summed E-state index contributed by atoms with van der Waals surface area (Å²) in [5.74, 6) is 0. The molecule has 3 nitrogen and oxygen atoms in total. The summed E-state index contributed by atoms with van der Waals surface area (Å²) in [4.78, 5) is 0. The second-order valence-corrected chi connectivity index (χ2v) is 4.19. The van der Waals surface area contributed by atoms with Crippen LogP contribution in [0.3, 0.4) is 0 Å². The van der Waals surface area contributed by atoms with Crippen LogP contribution in [-0.4, -0.2) is 28.0 Å². The van der Waals surface area contributed by atoms with Crippen molar-refractivity contribution in [2.75, 3.05) is 6.61 Å². The zero-order valence-electron chi connectivity index (χ0n) is 6.85. The molecule has 0 saturated heterocycles. The largest absolute Gasteiger partial charge is 0.396 e. The second-order valence-electron chi connectivity index (χ2n) is 2.67. The summed E-state index contributed by atoms with van der Waals surface area (Å²) >= 11 is 7.06. The van der Waals surface area contributed by atoms with Crippen LogP contribution in [-0.2, 0) is 0 Å². The Morgan fingerprint density at radius 1 is 1.46 bits per heavy atom. The van der Waals surface area contributed by atoms with E-state index in [1.54, 1.807) is 11.4 Å². The van der Waals surface area contributed by atoms with E-state index in [4.69, 9.17) is 16.7 Å². The number of aliphatic hydroxyl groups is 3. The Morgan fingerprint density at radius 3 is 2.62 bits per heavy atom. The first-order valence-electron chi connectivity index (χ1n) is 3.86. The van der Waals surface area contributed by atoms with Gasteiger partial charge in [0.25, 0.3) is 0 Å². The SMILES string of the molecule is OCCC(O)C(O)c1ccsc1Cl. The molecule has 13 heavy (non-hydrogen) atoms. The van der Waals surface area contributed by atoms with E-state index in [1.807, 2.05) is 0 Å². The van der Waals surface area contributed by atoms with Crippen molar-refractivity contribution in [2.45, 2.75) is 18.6 Å². The standard InChI is InChI=1S/C8H11ClO3S/c9-8-5(2-4-13-8)7(12)6(11)1-3-10/h2,4,6-7,10-12H,1,3H2. The van der Waals surface area contributed by atoms with Crippen LogP contribution in [0.2, 0.25) is 4.34 Å². The predicted octanol–water partition coefficient (Wildman–Crippen LogP) is 1.18. The lowest BCUT2D eigenvalue weighted by Gasteiger charge is -2.15. The van der Waals surface area contributed by atoms with E-state index < -0.39 is 12.2 Å². The number of aliphatic hydroxyl groups excluding tert-OH is 3. The fraction of sp³-hybridized carbons (Fsp3) is 0.500. The molecule has 74 valence electrons. The number of rotatable bonds is 4. The summed E-state index contributed by atoms with van der Waals surface area (Å²) in [6, 6.07) is 1.66. The molecule has 1 aromatic heterocycles. The van der Waals surface area contributed by atoms with Gasteiger partial charge in [-0.05, 0) is 17.9 Å². The van der Waals surface area contributed by atoms with E-state index in [1.165, 1.54) is 11.3 Å². The van der Waals surface area contributed by atoms with Gasteiger partial charge in [-0.15, -0.1) is 11.3 Å². The van der Waals surface area contributed by atoms with Crippen LogP contribution in [0.25, 0.3) is 0 Å². The van der Waals surface area contributed by atoms with Gasteiger partial charge >= 0.3 is 0 Å². The smallest absolute Gasteiger partial charge is 0.107 e. The fourth-order valence-corrected chi connectivity index (χ4v) is 2.00. The van der Waals surface area contributed by atoms with Gasteiger partial charge in [0.1, 0.15) is 6.10 Å². The first-order valence-corrected chi connectivity index (χ1v) is 5.12. The first-order chi connectivity index (χ1) is 6.16. The predicted molar refractivity (Wildman–Crippen MR) is 52.0 cm³/mol. The maximum Gasteiger partial charge on any atom is 0.107 e. The van der Waals surface area contributed by atoms with E-state index in [-0.39, 0.29) is 13.0 Å². The molecule has 0 spiro atoms. The average Bonchev–Trinajstić information content (AvgIpc) is 2.50. The Morgan fingerprint density at radius 2 is 2.15 bits per heavy atom. The Kier molecular flexibility index (Phi) is 4.15. The van der Waals surface area contributed by atoms with Crippen molar-refractivity contribution < 1.29 is 15.3 Å². The van der Waals surface area contributed by atoms with E-state index in [9.17, 15) is 10.2 Å².